The van der Waals surface area contributed by atoms with Crippen molar-refractivity contribution >= 4 is 11.8 Å². The highest BCUT2D eigenvalue weighted by molar-refractivity contribution is 6.10. The minimum absolute atomic E-state index is 0.382. The summed E-state index contributed by atoms with van der Waals surface area (Å²) in [4.78, 5) is 25.6. The minimum atomic E-state index is -1.80. The van der Waals surface area contributed by atoms with Gasteiger partial charge in [-0.05, 0) is 12.0 Å². The van der Waals surface area contributed by atoms with Crippen LogP contribution in [0.5, 0.6) is 0 Å². The van der Waals surface area contributed by atoms with Crippen LogP contribution in [0.1, 0.15) is 35.3 Å². The van der Waals surface area contributed by atoms with E-state index in [0.29, 0.717) is 12.1 Å². The van der Waals surface area contributed by atoms with Crippen molar-refractivity contribution in [2.45, 2.75) is 25.1 Å². The zero-order chi connectivity index (χ0) is 12.9. The summed E-state index contributed by atoms with van der Waals surface area (Å²) in [5.41, 5.74) is -0.585. The summed E-state index contributed by atoms with van der Waals surface area (Å²) >= 11 is 0. The van der Waals surface area contributed by atoms with Gasteiger partial charge < -0.3 is 15.3 Å². The zero-order valence-electron chi connectivity index (χ0n) is 10.0. The van der Waals surface area contributed by atoms with Gasteiger partial charge in [-0.25, -0.2) is 4.79 Å². The third-order valence-electron chi connectivity index (χ3n) is 3.58. The number of fused-ring (bicyclic) bond motifs is 3. The summed E-state index contributed by atoms with van der Waals surface area (Å²) in [6, 6.07) is 6.06. The highest BCUT2D eigenvalue weighted by Gasteiger charge is 2.61. The molecule has 1 aliphatic carbocycles. The number of rotatable bonds is 2. The molecule has 1 aromatic carbocycles. The van der Waals surface area contributed by atoms with Crippen molar-refractivity contribution in [1.29, 1.82) is 0 Å². The molecular formula is C13H14N2O3. The Morgan fingerprint density at radius 1 is 1.39 bits per heavy atom. The molecule has 0 unspecified atom stereocenters. The number of nitrogens with one attached hydrogen (secondary N) is 1. The number of carbonyl (C=O) groups is 2. The number of hydrogen-bond donors (Lipinski definition) is 2. The van der Waals surface area contributed by atoms with Crippen LogP contribution in [0.25, 0.3) is 0 Å². The van der Waals surface area contributed by atoms with E-state index in [1.807, 2.05) is 13.0 Å². The molecule has 18 heavy (non-hydrogen) atoms. The fourth-order valence-electron chi connectivity index (χ4n) is 2.84. The highest BCUT2D eigenvalue weighted by atomic mass is 16.3. The number of ketones is 1. The van der Waals surface area contributed by atoms with E-state index >= 15 is 0 Å². The topological polar surface area (TPSA) is 69.6 Å². The van der Waals surface area contributed by atoms with Crippen molar-refractivity contribution in [1.82, 2.24) is 10.2 Å². The molecule has 2 atom stereocenters. The van der Waals surface area contributed by atoms with Crippen molar-refractivity contribution in [3.63, 3.8) is 0 Å². The van der Waals surface area contributed by atoms with Gasteiger partial charge in [-0.1, -0.05) is 31.2 Å². The van der Waals surface area contributed by atoms with Crippen LogP contribution < -0.4 is 5.32 Å². The quantitative estimate of drug-likeness (QED) is 0.819. The van der Waals surface area contributed by atoms with E-state index in [1.165, 1.54) is 4.90 Å². The molecule has 94 valence electrons. The number of Topliss-reactive ketones (excluding diaryl/α,β-unsaturated/α-hetero) is 1. The minimum Gasteiger partial charge on any atom is -0.362 e. The summed E-state index contributed by atoms with van der Waals surface area (Å²) < 4.78 is 0. The highest BCUT2D eigenvalue weighted by Crippen LogP contribution is 2.45. The summed E-state index contributed by atoms with van der Waals surface area (Å²) in [7, 11) is 0. The lowest BCUT2D eigenvalue weighted by molar-refractivity contribution is 0.00777. The predicted molar refractivity (Wildman–Crippen MR) is 64.0 cm³/mol. The number of hydrogen-bond acceptors (Lipinski definition) is 3. The maximum Gasteiger partial charge on any atom is 0.320 e. The van der Waals surface area contributed by atoms with Gasteiger partial charge in [-0.15, -0.1) is 0 Å². The average molecular weight is 246 g/mol. The molecule has 0 aromatic heterocycles. The number of carbonyl (C=O) groups excluding carboxylic acids is 2. The molecule has 3 rings (SSSR count). The first-order chi connectivity index (χ1) is 8.59. The van der Waals surface area contributed by atoms with Crippen LogP contribution >= 0.6 is 0 Å². The predicted octanol–water partition coefficient (Wildman–Crippen LogP) is 1.05. The molecule has 1 aliphatic heterocycles. The van der Waals surface area contributed by atoms with Gasteiger partial charge in [0.2, 0.25) is 11.5 Å². The van der Waals surface area contributed by atoms with Crippen molar-refractivity contribution in [2.24, 2.45) is 0 Å². The number of aliphatic hydroxyl groups is 1. The smallest absolute Gasteiger partial charge is 0.320 e. The molecule has 2 N–H and O–H groups in total. The van der Waals surface area contributed by atoms with Crippen LogP contribution in [-0.2, 0) is 0 Å². The molecule has 0 spiro atoms. The van der Waals surface area contributed by atoms with E-state index in [0.717, 1.165) is 12.0 Å². The van der Waals surface area contributed by atoms with E-state index in [2.05, 4.69) is 5.32 Å². The van der Waals surface area contributed by atoms with Crippen LogP contribution in [0.2, 0.25) is 0 Å². The molecule has 1 aromatic rings. The van der Waals surface area contributed by atoms with Gasteiger partial charge in [0, 0.05) is 12.1 Å². The zero-order valence-corrected chi connectivity index (χ0v) is 10.0. The van der Waals surface area contributed by atoms with Crippen LogP contribution in [0, 0.1) is 0 Å². The fourth-order valence-corrected chi connectivity index (χ4v) is 2.84. The summed E-state index contributed by atoms with van der Waals surface area (Å²) in [5, 5.41) is 12.9. The van der Waals surface area contributed by atoms with Gasteiger partial charge in [0.25, 0.3) is 0 Å². The van der Waals surface area contributed by atoms with Gasteiger partial charge in [0.05, 0.1) is 0 Å². The molecule has 1 saturated heterocycles. The Bertz CT molecular complexity index is 543. The molecule has 0 saturated carbocycles. The van der Waals surface area contributed by atoms with Gasteiger partial charge in [0.1, 0.15) is 6.04 Å². The first kappa shape index (κ1) is 11.2. The lowest BCUT2D eigenvalue weighted by atomic mass is 10.0. The van der Waals surface area contributed by atoms with E-state index in [9.17, 15) is 14.7 Å². The maximum atomic E-state index is 12.2. The summed E-state index contributed by atoms with van der Waals surface area (Å²) in [5.74, 6) is -0.421. The number of amides is 2. The maximum absolute atomic E-state index is 12.2. The average Bonchev–Trinajstić information content (AvgIpc) is 2.72. The molecule has 2 amide bonds. The van der Waals surface area contributed by atoms with Crippen LogP contribution in [-0.4, -0.2) is 34.1 Å². The summed E-state index contributed by atoms with van der Waals surface area (Å²) in [6.45, 7) is 2.47. The third kappa shape index (κ3) is 1.19. The monoisotopic (exact) mass is 246 g/mol. The lowest BCUT2D eigenvalue weighted by Crippen LogP contribution is -2.48. The molecule has 1 heterocycles. The molecule has 0 radical (unpaired) electrons. The fraction of sp³-hybridized carbons (Fsp3) is 0.385. The third-order valence-corrected chi connectivity index (χ3v) is 3.58. The molecule has 0 bridgehead atoms. The van der Waals surface area contributed by atoms with E-state index in [-0.39, 0.29) is 6.03 Å². The Morgan fingerprint density at radius 3 is 2.83 bits per heavy atom. The van der Waals surface area contributed by atoms with Crippen LogP contribution in [0.15, 0.2) is 24.3 Å². The Morgan fingerprint density at radius 2 is 2.11 bits per heavy atom. The van der Waals surface area contributed by atoms with E-state index in [1.54, 1.807) is 18.2 Å². The van der Waals surface area contributed by atoms with Crippen molar-refractivity contribution in [2.75, 3.05) is 6.54 Å². The van der Waals surface area contributed by atoms with Gasteiger partial charge in [-0.3, -0.25) is 4.79 Å². The second-order valence-corrected chi connectivity index (χ2v) is 4.71. The normalized spacial score (nSPS) is 29.2. The van der Waals surface area contributed by atoms with E-state index < -0.39 is 17.6 Å². The van der Waals surface area contributed by atoms with E-state index in [4.69, 9.17) is 0 Å². The Hall–Kier alpha value is -1.88. The van der Waals surface area contributed by atoms with Crippen LogP contribution in [0.3, 0.4) is 0 Å². The second-order valence-electron chi connectivity index (χ2n) is 4.71. The second kappa shape index (κ2) is 3.55. The van der Waals surface area contributed by atoms with Crippen molar-refractivity contribution < 1.29 is 14.7 Å². The van der Waals surface area contributed by atoms with Gasteiger partial charge in [-0.2, -0.15) is 0 Å². The SMILES string of the molecule is CCCN1C(=O)N[C@]2(O)C(=O)c3ccccc3[C@@H]12. The Balaban J connectivity index is 2.14. The Labute approximate surface area is 104 Å². The molecule has 2 aliphatic rings. The standard InChI is InChI=1S/C13H14N2O3/c1-2-7-15-10-8-5-3-4-6-9(8)11(16)13(10,18)14-12(15)17/h3-6,10,18H,2,7H2,1H3,(H,14,17)/t10-,13-/m1/s1. The Kier molecular flexibility index (Phi) is 2.22. The summed E-state index contributed by atoms with van der Waals surface area (Å²) in [6.07, 6.45) is 0.774. The van der Waals surface area contributed by atoms with Gasteiger partial charge >= 0.3 is 6.03 Å². The number of urea groups is 1. The van der Waals surface area contributed by atoms with Gasteiger partial charge in [0.15, 0.2) is 0 Å². The number of nitrogens with zero attached hydrogens (tertiary/aromatic N) is 1. The van der Waals surface area contributed by atoms with Crippen LogP contribution in [0.4, 0.5) is 4.79 Å². The first-order valence-corrected chi connectivity index (χ1v) is 6.04. The molecular weight excluding hydrogens is 232 g/mol. The lowest BCUT2D eigenvalue weighted by Gasteiger charge is -2.25. The molecule has 1 fully saturated rings. The first-order valence-electron chi connectivity index (χ1n) is 6.04. The largest absolute Gasteiger partial charge is 0.362 e. The van der Waals surface area contributed by atoms with Crippen molar-refractivity contribution in [3.05, 3.63) is 35.4 Å². The molecule has 5 heteroatoms. The number of benzene rings is 1. The van der Waals surface area contributed by atoms with Crippen molar-refractivity contribution in [3.8, 4) is 0 Å². The molecule has 5 nitrogen and oxygen atoms in total.